The van der Waals surface area contributed by atoms with Crippen molar-refractivity contribution in [2.24, 2.45) is 0 Å². The molecule has 0 saturated carbocycles. The van der Waals surface area contributed by atoms with Gasteiger partial charge in [0.1, 0.15) is 23.0 Å². The van der Waals surface area contributed by atoms with E-state index in [0.717, 1.165) is 62.9 Å². The fraction of sp³-hybridized carbons (Fsp3) is 0.163. The maximum absolute atomic E-state index is 6.67. The number of hydrogen-bond acceptors (Lipinski definition) is 3. The zero-order chi connectivity index (χ0) is 31.9. The molecule has 0 radical (unpaired) electrons. The van der Waals surface area contributed by atoms with Crippen LogP contribution in [0.4, 0.5) is 17.1 Å². The van der Waals surface area contributed by atoms with Crippen LogP contribution in [0.15, 0.2) is 133 Å². The van der Waals surface area contributed by atoms with E-state index in [4.69, 9.17) is 9.47 Å². The van der Waals surface area contributed by atoms with Crippen molar-refractivity contribution in [3.63, 3.8) is 0 Å². The molecule has 228 valence electrons. The van der Waals surface area contributed by atoms with Crippen molar-refractivity contribution in [3.8, 4) is 34.1 Å². The molecule has 2 aliphatic heterocycles. The molecule has 0 N–H and O–H groups in total. The number of fused-ring (bicyclic) bond motifs is 5. The topological polar surface area (TPSA) is 21.7 Å². The van der Waals surface area contributed by atoms with E-state index >= 15 is 0 Å². The van der Waals surface area contributed by atoms with Crippen LogP contribution in [-0.4, -0.2) is 6.71 Å². The van der Waals surface area contributed by atoms with E-state index in [1.165, 1.54) is 22.3 Å². The molecular formula is C43H36BNO2. The molecule has 0 atom stereocenters. The number of para-hydroxylation sites is 2. The lowest BCUT2D eigenvalue weighted by Gasteiger charge is -2.34. The fourth-order valence-electron chi connectivity index (χ4n) is 8.50. The first-order chi connectivity index (χ1) is 22.8. The van der Waals surface area contributed by atoms with Crippen LogP contribution in [-0.2, 0) is 10.8 Å². The number of benzene rings is 6. The van der Waals surface area contributed by atoms with Crippen LogP contribution >= 0.6 is 0 Å². The van der Waals surface area contributed by atoms with Gasteiger partial charge in [0.25, 0.3) is 6.71 Å². The summed E-state index contributed by atoms with van der Waals surface area (Å²) in [4.78, 5) is 2.28. The molecule has 2 heterocycles. The lowest BCUT2D eigenvalue weighted by molar-refractivity contribution is 0.403. The van der Waals surface area contributed by atoms with Crippen molar-refractivity contribution in [2.75, 3.05) is 4.90 Å². The Labute approximate surface area is 277 Å². The van der Waals surface area contributed by atoms with Crippen LogP contribution in [0, 0.1) is 0 Å². The minimum atomic E-state index is 0.0125. The second kappa shape index (κ2) is 10.1. The van der Waals surface area contributed by atoms with Crippen LogP contribution in [0.2, 0.25) is 0 Å². The summed E-state index contributed by atoms with van der Waals surface area (Å²) < 4.78 is 13.3. The molecule has 4 heteroatoms. The standard InChI is InChI=1S/C43H36BNO2/c1-42(2)27-43(3,4)34-24-28(18-21-33(34)42)29-19-22-35-39(25-29)46-37-16-11-17-38-41(37)44(35)36-23-20-32(26-40(36)47-38)45(30-12-7-5-8-13-30)31-14-9-6-10-15-31/h5-26H,27H2,1-4H3. The molecule has 3 nitrogen and oxygen atoms in total. The second-order valence-electron chi connectivity index (χ2n) is 14.5. The molecule has 0 aromatic heterocycles. The predicted octanol–water partition coefficient (Wildman–Crippen LogP) is 9.51. The summed E-state index contributed by atoms with van der Waals surface area (Å²) >= 11 is 0. The Hall–Kier alpha value is -5.22. The highest BCUT2D eigenvalue weighted by Crippen LogP contribution is 2.50. The maximum Gasteiger partial charge on any atom is 0.260 e. The van der Waals surface area contributed by atoms with Crippen LogP contribution in [0.1, 0.15) is 45.2 Å². The lowest BCUT2D eigenvalue weighted by Crippen LogP contribution is -2.57. The summed E-state index contributed by atoms with van der Waals surface area (Å²) in [6.07, 6.45) is 1.16. The number of hydrogen-bond donors (Lipinski definition) is 0. The van der Waals surface area contributed by atoms with E-state index in [2.05, 4.69) is 160 Å². The summed E-state index contributed by atoms with van der Waals surface area (Å²) in [5.74, 6) is 3.49. The highest BCUT2D eigenvalue weighted by atomic mass is 16.5. The molecule has 0 saturated heterocycles. The Balaban J connectivity index is 1.15. The molecule has 0 fully saturated rings. The van der Waals surface area contributed by atoms with Crippen LogP contribution in [0.5, 0.6) is 23.0 Å². The van der Waals surface area contributed by atoms with E-state index in [1.54, 1.807) is 0 Å². The average molecular weight is 610 g/mol. The molecule has 1 aliphatic carbocycles. The van der Waals surface area contributed by atoms with E-state index in [-0.39, 0.29) is 17.5 Å². The molecule has 3 aliphatic rings. The average Bonchev–Trinajstić information content (AvgIpc) is 3.27. The van der Waals surface area contributed by atoms with Crippen LogP contribution in [0.25, 0.3) is 11.1 Å². The monoisotopic (exact) mass is 609 g/mol. The third kappa shape index (κ3) is 4.42. The van der Waals surface area contributed by atoms with Crippen molar-refractivity contribution >= 4 is 40.2 Å². The molecule has 6 aromatic carbocycles. The van der Waals surface area contributed by atoms with E-state index in [9.17, 15) is 0 Å². The van der Waals surface area contributed by atoms with E-state index < -0.39 is 0 Å². The van der Waals surface area contributed by atoms with Gasteiger partial charge in [-0.15, -0.1) is 0 Å². The second-order valence-corrected chi connectivity index (χ2v) is 14.5. The summed E-state index contributed by atoms with van der Waals surface area (Å²) in [7, 11) is 0. The number of rotatable bonds is 4. The van der Waals surface area contributed by atoms with E-state index in [1.807, 2.05) is 6.07 Å². The van der Waals surface area contributed by atoms with Gasteiger partial charge < -0.3 is 14.4 Å². The molecule has 0 bridgehead atoms. The number of anilines is 3. The highest BCUT2D eigenvalue weighted by Gasteiger charge is 2.42. The smallest absolute Gasteiger partial charge is 0.260 e. The molecule has 9 rings (SSSR count). The largest absolute Gasteiger partial charge is 0.458 e. The van der Waals surface area contributed by atoms with Gasteiger partial charge >= 0.3 is 0 Å². The van der Waals surface area contributed by atoms with Gasteiger partial charge in [0.2, 0.25) is 0 Å². The molecule has 0 spiro atoms. The van der Waals surface area contributed by atoms with Gasteiger partial charge in [0, 0.05) is 28.6 Å². The van der Waals surface area contributed by atoms with Gasteiger partial charge in [-0.3, -0.25) is 0 Å². The normalized spacial score (nSPS) is 15.8. The van der Waals surface area contributed by atoms with E-state index in [0.29, 0.717) is 0 Å². The first kappa shape index (κ1) is 28.0. The highest BCUT2D eigenvalue weighted by molar-refractivity contribution is 6.98. The Bertz CT molecular complexity index is 2150. The summed E-state index contributed by atoms with van der Waals surface area (Å²) in [6, 6.07) is 47.6. The van der Waals surface area contributed by atoms with Crippen molar-refractivity contribution in [1.29, 1.82) is 0 Å². The Morgan fingerprint density at radius 1 is 0.489 bits per heavy atom. The first-order valence-electron chi connectivity index (χ1n) is 16.6. The van der Waals surface area contributed by atoms with Crippen molar-refractivity contribution in [2.45, 2.75) is 44.9 Å². The van der Waals surface area contributed by atoms with Gasteiger partial charge in [0.05, 0.1) is 0 Å². The summed E-state index contributed by atoms with van der Waals surface area (Å²) in [5.41, 5.74) is 12.3. The minimum Gasteiger partial charge on any atom is -0.458 e. The number of nitrogens with zero attached hydrogens (tertiary/aromatic N) is 1. The maximum atomic E-state index is 6.67. The number of ether oxygens (including phenoxy) is 2. The minimum absolute atomic E-state index is 0.0125. The molecule has 6 aromatic rings. The van der Waals surface area contributed by atoms with Gasteiger partial charge in [0.15, 0.2) is 0 Å². The summed E-state index contributed by atoms with van der Waals surface area (Å²) in [6.45, 7) is 9.50. The van der Waals surface area contributed by atoms with Gasteiger partial charge in [-0.2, -0.15) is 0 Å². The van der Waals surface area contributed by atoms with Gasteiger partial charge in [-0.25, -0.2) is 0 Å². The molecule has 0 unspecified atom stereocenters. The fourth-order valence-corrected chi connectivity index (χ4v) is 8.50. The van der Waals surface area contributed by atoms with Gasteiger partial charge in [-0.05, 0) is 99.0 Å². The zero-order valence-electron chi connectivity index (χ0n) is 27.2. The third-order valence-corrected chi connectivity index (χ3v) is 10.4. The Morgan fingerprint density at radius 3 is 1.70 bits per heavy atom. The molecule has 0 amide bonds. The molecule has 47 heavy (non-hydrogen) atoms. The first-order valence-corrected chi connectivity index (χ1v) is 16.6. The summed E-state index contributed by atoms with van der Waals surface area (Å²) in [5, 5.41) is 0. The lowest BCUT2D eigenvalue weighted by atomic mass is 9.35. The Kier molecular flexibility index (Phi) is 6.05. The van der Waals surface area contributed by atoms with Gasteiger partial charge in [-0.1, -0.05) is 107 Å². The van der Waals surface area contributed by atoms with Crippen molar-refractivity contribution in [3.05, 3.63) is 145 Å². The zero-order valence-corrected chi connectivity index (χ0v) is 27.2. The van der Waals surface area contributed by atoms with Crippen LogP contribution < -0.4 is 30.8 Å². The van der Waals surface area contributed by atoms with Crippen LogP contribution in [0.3, 0.4) is 0 Å². The SMILES string of the molecule is CC1(C)CC(C)(C)c2cc(-c3ccc4c(c3)Oc3cccc5c3B4c3ccc(N(c4ccccc4)c4ccccc4)cc3O5)ccc21. The van der Waals surface area contributed by atoms with Crippen molar-refractivity contribution in [1.82, 2.24) is 0 Å². The Morgan fingerprint density at radius 2 is 1.04 bits per heavy atom. The predicted molar refractivity (Wildman–Crippen MR) is 195 cm³/mol. The third-order valence-electron chi connectivity index (χ3n) is 10.4. The molecular weight excluding hydrogens is 573 g/mol. The quantitative estimate of drug-likeness (QED) is 0.186. The van der Waals surface area contributed by atoms with Crippen molar-refractivity contribution < 1.29 is 9.47 Å².